The summed E-state index contributed by atoms with van der Waals surface area (Å²) in [6.45, 7) is 7.18. The van der Waals surface area contributed by atoms with Gasteiger partial charge in [-0.1, -0.05) is 20.3 Å². The molecular formula is C14H28N2O2S. The first kappa shape index (κ1) is 15.3. The summed E-state index contributed by atoms with van der Waals surface area (Å²) in [7, 11) is -0.695. The zero-order valence-corrected chi connectivity index (χ0v) is 13.3. The highest BCUT2D eigenvalue weighted by molar-refractivity contribution is 7.91. The van der Waals surface area contributed by atoms with Gasteiger partial charge in [0.25, 0.3) is 0 Å². The lowest BCUT2D eigenvalue weighted by Crippen LogP contribution is -2.53. The summed E-state index contributed by atoms with van der Waals surface area (Å²) in [5.41, 5.74) is 0.347. The summed E-state index contributed by atoms with van der Waals surface area (Å²) < 4.78 is 22.9. The quantitative estimate of drug-likeness (QED) is 0.846. The maximum absolute atomic E-state index is 11.5. The lowest BCUT2D eigenvalue weighted by molar-refractivity contribution is 0.0859. The topological polar surface area (TPSA) is 49.4 Å². The second-order valence-corrected chi connectivity index (χ2v) is 9.16. The molecule has 19 heavy (non-hydrogen) atoms. The molecule has 1 saturated heterocycles. The van der Waals surface area contributed by atoms with Crippen LogP contribution in [0.15, 0.2) is 0 Å². The average Bonchev–Trinajstić information content (AvgIpc) is 2.31. The van der Waals surface area contributed by atoms with Gasteiger partial charge in [-0.05, 0) is 31.2 Å². The Hall–Kier alpha value is -0.130. The van der Waals surface area contributed by atoms with Crippen LogP contribution in [0.1, 0.15) is 33.1 Å². The van der Waals surface area contributed by atoms with Crippen molar-refractivity contribution >= 4 is 9.84 Å². The van der Waals surface area contributed by atoms with Crippen LogP contribution in [0, 0.1) is 11.3 Å². The van der Waals surface area contributed by atoms with Gasteiger partial charge in [0.1, 0.15) is 0 Å². The molecule has 0 spiro atoms. The standard InChI is InChI=1S/C14H28N2O2S/c1-14(2)6-4-5-12(13(14)15-3)11-16-7-9-19(17,18)10-8-16/h12-13,15H,4-11H2,1-3H3. The molecule has 2 unspecified atom stereocenters. The van der Waals surface area contributed by atoms with Crippen molar-refractivity contribution in [3.8, 4) is 0 Å². The van der Waals surface area contributed by atoms with Gasteiger partial charge < -0.3 is 10.2 Å². The van der Waals surface area contributed by atoms with Crippen molar-refractivity contribution in [3.63, 3.8) is 0 Å². The van der Waals surface area contributed by atoms with Crippen LogP contribution in [0.3, 0.4) is 0 Å². The van der Waals surface area contributed by atoms with E-state index in [1.54, 1.807) is 0 Å². The second kappa shape index (κ2) is 5.70. The molecule has 0 amide bonds. The Morgan fingerprint density at radius 3 is 2.47 bits per heavy atom. The lowest BCUT2D eigenvalue weighted by atomic mass is 9.68. The fourth-order valence-electron chi connectivity index (χ4n) is 3.87. The van der Waals surface area contributed by atoms with Crippen molar-refractivity contribution in [2.75, 3.05) is 38.2 Å². The molecule has 1 aliphatic heterocycles. The van der Waals surface area contributed by atoms with Crippen LogP contribution in [-0.4, -0.2) is 57.5 Å². The van der Waals surface area contributed by atoms with Gasteiger partial charge in [-0.15, -0.1) is 0 Å². The molecule has 2 atom stereocenters. The van der Waals surface area contributed by atoms with E-state index < -0.39 is 9.84 Å². The molecule has 0 radical (unpaired) electrons. The predicted octanol–water partition coefficient (Wildman–Crippen LogP) is 1.13. The Morgan fingerprint density at radius 1 is 1.26 bits per heavy atom. The zero-order valence-electron chi connectivity index (χ0n) is 12.5. The van der Waals surface area contributed by atoms with E-state index in [1.807, 2.05) is 0 Å². The van der Waals surface area contributed by atoms with Gasteiger partial charge in [0.05, 0.1) is 11.5 Å². The largest absolute Gasteiger partial charge is 0.316 e. The van der Waals surface area contributed by atoms with Gasteiger partial charge in [-0.3, -0.25) is 0 Å². The number of hydrogen-bond acceptors (Lipinski definition) is 4. The van der Waals surface area contributed by atoms with Gasteiger partial charge in [-0.2, -0.15) is 0 Å². The minimum Gasteiger partial charge on any atom is -0.316 e. The molecule has 1 aliphatic carbocycles. The van der Waals surface area contributed by atoms with Crippen molar-refractivity contribution in [3.05, 3.63) is 0 Å². The summed E-state index contributed by atoms with van der Waals surface area (Å²) >= 11 is 0. The molecule has 1 N–H and O–H groups in total. The SMILES string of the molecule is CNC1C(CN2CCS(=O)(=O)CC2)CCCC1(C)C. The van der Waals surface area contributed by atoms with Gasteiger partial charge in [0.15, 0.2) is 9.84 Å². The first-order valence-electron chi connectivity index (χ1n) is 7.44. The van der Waals surface area contributed by atoms with Crippen molar-refractivity contribution in [2.24, 2.45) is 11.3 Å². The van der Waals surface area contributed by atoms with Crippen LogP contribution in [0.4, 0.5) is 0 Å². The second-order valence-electron chi connectivity index (χ2n) is 6.86. The molecule has 0 aromatic carbocycles. The third-order valence-electron chi connectivity index (χ3n) is 4.95. The van der Waals surface area contributed by atoms with E-state index in [0.29, 0.717) is 28.9 Å². The lowest BCUT2D eigenvalue weighted by Gasteiger charge is -2.46. The summed E-state index contributed by atoms with van der Waals surface area (Å²) in [6.07, 6.45) is 3.84. The van der Waals surface area contributed by atoms with Crippen molar-refractivity contribution < 1.29 is 8.42 Å². The van der Waals surface area contributed by atoms with Crippen LogP contribution >= 0.6 is 0 Å². The van der Waals surface area contributed by atoms with Crippen molar-refractivity contribution in [2.45, 2.75) is 39.2 Å². The molecule has 112 valence electrons. The van der Waals surface area contributed by atoms with Crippen LogP contribution in [0.25, 0.3) is 0 Å². The highest BCUT2D eigenvalue weighted by Crippen LogP contribution is 2.39. The zero-order chi connectivity index (χ0) is 14.1. The summed E-state index contributed by atoms with van der Waals surface area (Å²) in [5.74, 6) is 1.33. The highest BCUT2D eigenvalue weighted by atomic mass is 32.2. The molecule has 0 aromatic heterocycles. The van der Waals surface area contributed by atoms with Crippen LogP contribution < -0.4 is 5.32 Å². The highest BCUT2D eigenvalue weighted by Gasteiger charge is 2.38. The molecular weight excluding hydrogens is 260 g/mol. The van der Waals surface area contributed by atoms with Gasteiger partial charge in [-0.25, -0.2) is 8.42 Å². The predicted molar refractivity (Wildman–Crippen MR) is 79.1 cm³/mol. The van der Waals surface area contributed by atoms with Gasteiger partial charge in [0.2, 0.25) is 0 Å². The maximum Gasteiger partial charge on any atom is 0.152 e. The smallest absolute Gasteiger partial charge is 0.152 e. The Bertz CT molecular complexity index is 392. The molecule has 1 saturated carbocycles. The molecule has 2 rings (SSSR count). The molecule has 1 heterocycles. The van der Waals surface area contributed by atoms with E-state index in [2.05, 4.69) is 31.1 Å². The average molecular weight is 288 g/mol. The fraction of sp³-hybridized carbons (Fsp3) is 1.00. The maximum atomic E-state index is 11.5. The van der Waals surface area contributed by atoms with E-state index >= 15 is 0 Å². The Labute approximate surface area is 117 Å². The van der Waals surface area contributed by atoms with E-state index in [0.717, 1.165) is 19.6 Å². The minimum absolute atomic E-state index is 0.341. The number of hydrogen-bond donors (Lipinski definition) is 1. The third-order valence-corrected chi connectivity index (χ3v) is 6.56. The van der Waals surface area contributed by atoms with Gasteiger partial charge >= 0.3 is 0 Å². The van der Waals surface area contributed by atoms with E-state index in [9.17, 15) is 8.42 Å². The monoisotopic (exact) mass is 288 g/mol. The molecule has 0 bridgehead atoms. The van der Waals surface area contributed by atoms with E-state index in [-0.39, 0.29) is 0 Å². The molecule has 0 aromatic rings. The number of nitrogens with zero attached hydrogens (tertiary/aromatic N) is 1. The first-order valence-corrected chi connectivity index (χ1v) is 9.26. The summed E-state index contributed by atoms with van der Waals surface area (Å²) in [4.78, 5) is 2.34. The Kier molecular flexibility index (Phi) is 4.58. The number of sulfone groups is 1. The van der Waals surface area contributed by atoms with Gasteiger partial charge in [0, 0.05) is 25.7 Å². The summed E-state index contributed by atoms with van der Waals surface area (Å²) in [5, 5.41) is 3.51. The molecule has 5 heteroatoms. The molecule has 4 nitrogen and oxygen atoms in total. The molecule has 2 fully saturated rings. The number of rotatable bonds is 3. The van der Waals surface area contributed by atoms with Crippen molar-refractivity contribution in [1.29, 1.82) is 0 Å². The number of nitrogens with one attached hydrogen (secondary N) is 1. The normalized spacial score (nSPS) is 35.1. The van der Waals surface area contributed by atoms with Crippen LogP contribution in [0.2, 0.25) is 0 Å². The third kappa shape index (κ3) is 3.70. The fourth-order valence-corrected chi connectivity index (χ4v) is 5.14. The molecule has 2 aliphatic rings. The van der Waals surface area contributed by atoms with E-state index in [4.69, 9.17) is 0 Å². The van der Waals surface area contributed by atoms with Crippen molar-refractivity contribution in [1.82, 2.24) is 10.2 Å². The van der Waals surface area contributed by atoms with Crippen LogP contribution in [-0.2, 0) is 9.84 Å². The first-order chi connectivity index (χ1) is 8.84. The Morgan fingerprint density at radius 2 is 1.89 bits per heavy atom. The Balaban J connectivity index is 1.95. The van der Waals surface area contributed by atoms with Crippen LogP contribution in [0.5, 0.6) is 0 Å². The van der Waals surface area contributed by atoms with E-state index in [1.165, 1.54) is 19.3 Å². The minimum atomic E-state index is -2.76. The summed E-state index contributed by atoms with van der Waals surface area (Å²) in [6, 6.07) is 0.541.